The molecule has 9 heteroatoms. The van der Waals surface area contributed by atoms with Crippen molar-refractivity contribution in [3.63, 3.8) is 0 Å². The highest BCUT2D eigenvalue weighted by atomic mass is 35.5. The summed E-state index contributed by atoms with van der Waals surface area (Å²) in [7, 11) is 0.0429. The zero-order valence-corrected chi connectivity index (χ0v) is 26.9. The lowest BCUT2D eigenvalue weighted by Gasteiger charge is -2.49. The molecule has 6 rings (SSSR count). The highest BCUT2D eigenvalue weighted by Crippen LogP contribution is 2.51. The van der Waals surface area contributed by atoms with Gasteiger partial charge in [-0.3, -0.25) is 14.3 Å². The van der Waals surface area contributed by atoms with E-state index < -0.39 is 16.6 Å². The average Bonchev–Trinajstić information content (AvgIpc) is 3.14. The largest absolute Gasteiger partial charge is 0.490 e. The fraction of sp³-hybridized carbons (Fsp3) is 0.588. The Morgan fingerprint density at radius 2 is 2.09 bits per heavy atom. The van der Waals surface area contributed by atoms with Gasteiger partial charge in [-0.05, 0) is 93.6 Å². The zero-order valence-electron chi connectivity index (χ0n) is 25.4. The molecule has 8 atom stereocenters. The third-order valence-electron chi connectivity index (χ3n) is 10.8. The average molecular weight is 627 g/mol. The summed E-state index contributed by atoms with van der Waals surface area (Å²) in [5.41, 5.74) is 2.87. The molecule has 43 heavy (non-hydrogen) atoms. The van der Waals surface area contributed by atoms with Crippen molar-refractivity contribution in [1.82, 2.24) is 4.72 Å². The van der Waals surface area contributed by atoms with E-state index in [1.54, 1.807) is 13.2 Å². The number of methoxy groups -OCH3 is 1. The number of aldehydes is 1. The van der Waals surface area contributed by atoms with Gasteiger partial charge in [-0.25, -0.2) is 4.21 Å². The Kier molecular flexibility index (Phi) is 8.66. The number of ether oxygens (including phenoxy) is 2. The number of amides is 1. The van der Waals surface area contributed by atoms with Crippen molar-refractivity contribution in [3.8, 4) is 5.75 Å². The third kappa shape index (κ3) is 5.64. The maximum atomic E-state index is 13.4. The summed E-state index contributed by atoms with van der Waals surface area (Å²) in [6.45, 7) is 5.89. The number of halogens is 1. The molecule has 2 aliphatic heterocycles. The number of benzene rings is 1. The third-order valence-corrected chi connectivity index (χ3v) is 12.6. The summed E-state index contributed by atoms with van der Waals surface area (Å²) in [4.78, 5) is 28.5. The SMILES string of the molecule is CO[C@]1(C=O)/C=C/CC(C)C(C)S(=O)NC(=O)c2ccc3c(c2)N(CC2CCC21)C[C@@]1(CCCC2=C1C=CC(Cl)C2)CO3. The molecule has 0 saturated heterocycles. The minimum atomic E-state index is -1.58. The van der Waals surface area contributed by atoms with Crippen molar-refractivity contribution in [2.45, 2.75) is 75.0 Å². The number of fused-ring (bicyclic) bond motifs is 3. The summed E-state index contributed by atoms with van der Waals surface area (Å²) < 4.78 is 28.5. The van der Waals surface area contributed by atoms with Crippen molar-refractivity contribution in [2.24, 2.45) is 23.2 Å². The molecule has 1 fully saturated rings. The summed E-state index contributed by atoms with van der Waals surface area (Å²) in [5, 5.41) is -0.260. The van der Waals surface area contributed by atoms with Crippen LogP contribution in [0.5, 0.6) is 5.75 Å². The molecule has 0 radical (unpaired) electrons. The number of nitrogens with one attached hydrogen (secondary N) is 1. The molecule has 7 nitrogen and oxygen atoms in total. The first-order valence-electron chi connectivity index (χ1n) is 15.7. The van der Waals surface area contributed by atoms with Crippen LogP contribution in [0.4, 0.5) is 5.69 Å². The fourth-order valence-corrected chi connectivity index (χ4v) is 9.09. The quantitative estimate of drug-likeness (QED) is 0.250. The molecule has 5 aliphatic rings. The Labute approximate surface area is 262 Å². The van der Waals surface area contributed by atoms with Crippen molar-refractivity contribution < 1.29 is 23.3 Å². The molecular formula is C34H43ClN2O5S. The molecule has 2 bridgehead atoms. The molecule has 1 saturated carbocycles. The smallest absolute Gasteiger partial charge is 0.263 e. The van der Waals surface area contributed by atoms with Gasteiger partial charge >= 0.3 is 0 Å². The minimum absolute atomic E-state index is 0.0207. The van der Waals surface area contributed by atoms with Crippen LogP contribution in [0.1, 0.15) is 69.2 Å². The normalized spacial score (nSPS) is 38.6. The van der Waals surface area contributed by atoms with Crippen LogP contribution < -0.4 is 14.4 Å². The van der Waals surface area contributed by atoms with E-state index in [9.17, 15) is 13.8 Å². The van der Waals surface area contributed by atoms with Gasteiger partial charge < -0.3 is 14.4 Å². The van der Waals surface area contributed by atoms with E-state index in [4.69, 9.17) is 21.1 Å². The van der Waals surface area contributed by atoms with Crippen LogP contribution in [0, 0.1) is 23.2 Å². The Hall–Kier alpha value is -2.42. The molecule has 1 amide bonds. The second-order valence-electron chi connectivity index (χ2n) is 13.3. The van der Waals surface area contributed by atoms with Crippen molar-refractivity contribution >= 4 is 40.5 Å². The monoisotopic (exact) mass is 626 g/mol. The highest BCUT2D eigenvalue weighted by Gasteiger charge is 2.49. The van der Waals surface area contributed by atoms with E-state index in [1.165, 1.54) is 11.1 Å². The maximum Gasteiger partial charge on any atom is 0.263 e. The number of nitrogens with zero attached hydrogens (tertiary/aromatic N) is 1. The molecule has 232 valence electrons. The van der Waals surface area contributed by atoms with Gasteiger partial charge in [-0.15, -0.1) is 11.6 Å². The van der Waals surface area contributed by atoms with Gasteiger partial charge in [-0.1, -0.05) is 30.7 Å². The van der Waals surface area contributed by atoms with E-state index in [0.717, 1.165) is 62.8 Å². The number of hydrogen-bond acceptors (Lipinski definition) is 6. The minimum Gasteiger partial charge on any atom is -0.490 e. The van der Waals surface area contributed by atoms with Gasteiger partial charge in [0.2, 0.25) is 0 Å². The van der Waals surface area contributed by atoms with E-state index >= 15 is 0 Å². The first-order valence-corrected chi connectivity index (χ1v) is 17.3. The van der Waals surface area contributed by atoms with Crippen LogP contribution in [-0.4, -0.2) is 59.4 Å². The number of alkyl halides is 1. The second-order valence-corrected chi connectivity index (χ2v) is 15.4. The molecule has 1 aromatic carbocycles. The molecule has 2 heterocycles. The Morgan fingerprint density at radius 1 is 1.26 bits per heavy atom. The van der Waals surface area contributed by atoms with Crippen LogP contribution in [0.3, 0.4) is 0 Å². The summed E-state index contributed by atoms with van der Waals surface area (Å²) in [5.74, 6) is 0.661. The van der Waals surface area contributed by atoms with Gasteiger partial charge in [0.1, 0.15) is 22.3 Å². The van der Waals surface area contributed by atoms with Gasteiger partial charge in [0.15, 0.2) is 6.29 Å². The molecular weight excluding hydrogens is 584 g/mol. The van der Waals surface area contributed by atoms with E-state index in [-0.39, 0.29) is 39.7 Å². The van der Waals surface area contributed by atoms with Gasteiger partial charge in [0.05, 0.1) is 22.9 Å². The van der Waals surface area contributed by atoms with Gasteiger partial charge in [-0.2, -0.15) is 0 Å². The molecule has 1 spiro atoms. The van der Waals surface area contributed by atoms with E-state index in [2.05, 4.69) is 21.8 Å². The van der Waals surface area contributed by atoms with Gasteiger partial charge in [0, 0.05) is 37.1 Å². The van der Waals surface area contributed by atoms with Crippen molar-refractivity contribution in [1.29, 1.82) is 0 Å². The fourth-order valence-electron chi connectivity index (χ4n) is 7.81. The van der Waals surface area contributed by atoms with Crippen LogP contribution >= 0.6 is 11.6 Å². The highest BCUT2D eigenvalue weighted by molar-refractivity contribution is 7.84. The lowest BCUT2D eigenvalue weighted by atomic mass is 9.64. The molecule has 0 aromatic heterocycles. The number of carbonyl (C=O) groups excluding carboxylic acids is 2. The Morgan fingerprint density at radius 3 is 2.84 bits per heavy atom. The zero-order chi connectivity index (χ0) is 30.4. The topological polar surface area (TPSA) is 84.9 Å². The molecule has 1 N–H and O–H groups in total. The molecule has 6 unspecified atom stereocenters. The number of carbonyl (C=O) groups is 2. The molecule has 1 aromatic rings. The second kappa shape index (κ2) is 12.2. The van der Waals surface area contributed by atoms with Crippen molar-refractivity contribution in [2.75, 3.05) is 31.7 Å². The molecule has 3 aliphatic carbocycles. The summed E-state index contributed by atoms with van der Waals surface area (Å²) in [6.07, 6.45) is 15.7. The van der Waals surface area contributed by atoms with Crippen LogP contribution in [0.25, 0.3) is 0 Å². The lowest BCUT2D eigenvalue weighted by Crippen LogP contribution is -2.53. The van der Waals surface area contributed by atoms with Crippen LogP contribution in [-0.2, 0) is 20.5 Å². The van der Waals surface area contributed by atoms with E-state index in [1.807, 2.05) is 38.1 Å². The predicted octanol–water partition coefficient (Wildman–Crippen LogP) is 5.91. The predicted molar refractivity (Wildman–Crippen MR) is 171 cm³/mol. The van der Waals surface area contributed by atoms with E-state index in [0.29, 0.717) is 25.1 Å². The number of allylic oxidation sites excluding steroid dienone is 4. The standard InChI is InChI=1S/C34H43ClN2O5S/c1-22-6-4-15-34(20-38,41-3)29-11-8-26(29)18-37-19-33(14-5-7-24-16-27(35)10-12-28(24)33)21-42-31-13-9-25(17-30(31)37)32(39)36-43(40)23(22)2/h4,9-10,12-13,15,17,20,22-23,26-27,29H,5-8,11,14,16,18-19,21H2,1-3H3,(H,36,39)/b15-4+/t22?,23?,26?,27?,29?,33-,34-,43?/m0/s1. The van der Waals surface area contributed by atoms with Crippen LogP contribution in [0.15, 0.2) is 53.6 Å². The summed E-state index contributed by atoms with van der Waals surface area (Å²) in [6, 6.07) is 5.53. The summed E-state index contributed by atoms with van der Waals surface area (Å²) >= 11 is 6.55. The van der Waals surface area contributed by atoms with Gasteiger partial charge in [0.25, 0.3) is 5.91 Å². The first kappa shape index (κ1) is 30.6. The number of anilines is 1. The number of hydrogen-bond donors (Lipinski definition) is 1. The first-order chi connectivity index (χ1) is 20.7. The lowest BCUT2D eigenvalue weighted by molar-refractivity contribution is -0.136. The Bertz CT molecular complexity index is 1390. The Balaban J connectivity index is 1.43. The maximum absolute atomic E-state index is 13.4. The van der Waals surface area contributed by atoms with Crippen molar-refractivity contribution in [3.05, 3.63) is 59.2 Å². The number of rotatable bonds is 2. The van der Waals surface area contributed by atoms with Crippen LogP contribution in [0.2, 0.25) is 0 Å².